The highest BCUT2D eigenvalue weighted by Crippen LogP contribution is 2.24. The third kappa shape index (κ3) is 5.14. The first-order valence-electron chi connectivity index (χ1n) is 10.8. The van der Waals surface area contributed by atoms with Crippen molar-refractivity contribution in [2.75, 3.05) is 6.54 Å². The Balaban J connectivity index is 1.67. The van der Waals surface area contributed by atoms with E-state index in [4.69, 9.17) is 4.98 Å². The second kappa shape index (κ2) is 9.37. The van der Waals surface area contributed by atoms with Crippen LogP contribution in [0.1, 0.15) is 94.2 Å². The molecule has 0 aromatic carbocycles. The molecule has 2 aromatic rings. The zero-order valence-corrected chi connectivity index (χ0v) is 18.0. The van der Waals surface area contributed by atoms with Gasteiger partial charge in [-0.1, -0.05) is 33.1 Å². The van der Waals surface area contributed by atoms with Gasteiger partial charge < -0.3 is 10.6 Å². The van der Waals surface area contributed by atoms with Crippen LogP contribution in [0.15, 0.2) is 12.3 Å². The van der Waals surface area contributed by atoms with E-state index in [0.717, 1.165) is 29.6 Å². The van der Waals surface area contributed by atoms with Gasteiger partial charge in [0.25, 0.3) is 5.91 Å². The molecule has 1 aliphatic carbocycles. The van der Waals surface area contributed by atoms with Gasteiger partial charge in [0.05, 0.1) is 17.1 Å². The maximum Gasteiger partial charge on any atom is 0.252 e. The molecule has 0 bridgehead atoms. The highest BCUT2D eigenvalue weighted by atomic mass is 16.2. The standard InChI is InChI=1S/C22H33N5O2/c1-14(2)19-12-17(18-13-24-27(15(3)4)21(18)26-19)22(29)23-11-10-20(28)25-16-8-6-5-7-9-16/h12-16H,5-11H2,1-4H3,(H,23,29)(H,25,28). The number of amides is 2. The van der Waals surface area contributed by atoms with Gasteiger partial charge >= 0.3 is 0 Å². The maximum atomic E-state index is 12.9. The third-order valence-electron chi connectivity index (χ3n) is 5.52. The number of rotatable bonds is 7. The molecule has 2 amide bonds. The normalized spacial score (nSPS) is 15.2. The fourth-order valence-corrected chi connectivity index (χ4v) is 3.83. The average molecular weight is 400 g/mol. The van der Waals surface area contributed by atoms with E-state index in [1.165, 1.54) is 19.3 Å². The fraction of sp³-hybridized carbons (Fsp3) is 0.636. The minimum Gasteiger partial charge on any atom is -0.353 e. The molecular formula is C22H33N5O2. The highest BCUT2D eigenvalue weighted by Gasteiger charge is 2.19. The molecule has 7 heteroatoms. The van der Waals surface area contributed by atoms with Crippen molar-refractivity contribution in [3.8, 4) is 0 Å². The summed E-state index contributed by atoms with van der Waals surface area (Å²) in [4.78, 5) is 29.8. The Kier molecular flexibility index (Phi) is 6.87. The van der Waals surface area contributed by atoms with Gasteiger partial charge in [-0.3, -0.25) is 9.59 Å². The Morgan fingerprint density at radius 3 is 2.55 bits per heavy atom. The number of hydrogen-bond acceptors (Lipinski definition) is 4. The molecule has 1 saturated carbocycles. The van der Waals surface area contributed by atoms with Crippen molar-refractivity contribution < 1.29 is 9.59 Å². The van der Waals surface area contributed by atoms with E-state index < -0.39 is 0 Å². The number of hydrogen-bond donors (Lipinski definition) is 2. The van der Waals surface area contributed by atoms with Crippen molar-refractivity contribution in [2.24, 2.45) is 0 Å². The van der Waals surface area contributed by atoms with Gasteiger partial charge in [0.1, 0.15) is 0 Å². The van der Waals surface area contributed by atoms with Gasteiger partial charge in [0, 0.05) is 30.7 Å². The van der Waals surface area contributed by atoms with Crippen LogP contribution in [0.25, 0.3) is 11.0 Å². The summed E-state index contributed by atoms with van der Waals surface area (Å²) >= 11 is 0. The van der Waals surface area contributed by atoms with Crippen LogP contribution in [0.5, 0.6) is 0 Å². The summed E-state index contributed by atoms with van der Waals surface area (Å²) < 4.78 is 1.84. The van der Waals surface area contributed by atoms with Crippen LogP contribution in [0.4, 0.5) is 0 Å². The molecule has 2 aromatic heterocycles. The summed E-state index contributed by atoms with van der Waals surface area (Å²) in [6.45, 7) is 8.52. The zero-order chi connectivity index (χ0) is 21.0. The number of nitrogens with one attached hydrogen (secondary N) is 2. The molecule has 0 saturated heterocycles. The van der Waals surface area contributed by atoms with Crippen LogP contribution in [0.2, 0.25) is 0 Å². The minimum atomic E-state index is -0.187. The topological polar surface area (TPSA) is 88.9 Å². The summed E-state index contributed by atoms with van der Waals surface area (Å²) in [5.41, 5.74) is 2.16. The van der Waals surface area contributed by atoms with Crippen molar-refractivity contribution in [1.82, 2.24) is 25.4 Å². The lowest BCUT2D eigenvalue weighted by Crippen LogP contribution is -2.38. The molecule has 0 unspecified atom stereocenters. The number of fused-ring (bicyclic) bond motifs is 1. The van der Waals surface area contributed by atoms with Crippen molar-refractivity contribution in [3.05, 3.63) is 23.5 Å². The average Bonchev–Trinajstić information content (AvgIpc) is 3.12. The van der Waals surface area contributed by atoms with Crippen molar-refractivity contribution >= 4 is 22.8 Å². The summed E-state index contributed by atoms with van der Waals surface area (Å²) in [6.07, 6.45) is 7.74. The van der Waals surface area contributed by atoms with Gasteiger partial charge in [0.2, 0.25) is 5.91 Å². The Morgan fingerprint density at radius 1 is 1.17 bits per heavy atom. The molecule has 158 valence electrons. The zero-order valence-electron chi connectivity index (χ0n) is 18.0. The summed E-state index contributed by atoms with van der Waals surface area (Å²) in [5.74, 6) is 0.0170. The monoisotopic (exact) mass is 399 g/mol. The predicted octanol–water partition coefficient (Wildman–Crippen LogP) is 3.70. The van der Waals surface area contributed by atoms with E-state index >= 15 is 0 Å². The van der Waals surface area contributed by atoms with E-state index in [2.05, 4.69) is 29.6 Å². The Hall–Kier alpha value is -2.44. The molecule has 29 heavy (non-hydrogen) atoms. The largest absolute Gasteiger partial charge is 0.353 e. The van der Waals surface area contributed by atoms with Crippen molar-refractivity contribution in [3.63, 3.8) is 0 Å². The highest BCUT2D eigenvalue weighted by molar-refractivity contribution is 6.05. The number of aromatic nitrogens is 3. The molecule has 1 aliphatic rings. The molecule has 3 rings (SSSR count). The Morgan fingerprint density at radius 2 is 1.90 bits per heavy atom. The second-order valence-electron chi connectivity index (χ2n) is 8.58. The van der Waals surface area contributed by atoms with Crippen LogP contribution in [-0.4, -0.2) is 39.2 Å². The predicted molar refractivity (Wildman–Crippen MR) is 114 cm³/mol. The maximum absolute atomic E-state index is 12.9. The van der Waals surface area contributed by atoms with Gasteiger partial charge in [-0.2, -0.15) is 5.10 Å². The van der Waals surface area contributed by atoms with Crippen LogP contribution in [-0.2, 0) is 4.79 Å². The van der Waals surface area contributed by atoms with Crippen LogP contribution in [0, 0.1) is 0 Å². The van der Waals surface area contributed by atoms with Crippen LogP contribution < -0.4 is 10.6 Å². The Labute approximate surface area is 172 Å². The number of pyridine rings is 1. The molecule has 0 atom stereocenters. The first-order chi connectivity index (χ1) is 13.9. The molecule has 0 aliphatic heterocycles. The molecule has 1 fully saturated rings. The van der Waals surface area contributed by atoms with E-state index in [1.54, 1.807) is 6.20 Å². The van der Waals surface area contributed by atoms with Gasteiger partial charge in [0.15, 0.2) is 5.65 Å². The first kappa shape index (κ1) is 21.3. The smallest absolute Gasteiger partial charge is 0.252 e. The van der Waals surface area contributed by atoms with Crippen molar-refractivity contribution in [2.45, 2.75) is 84.2 Å². The lowest BCUT2D eigenvalue weighted by molar-refractivity contribution is -0.121. The van der Waals surface area contributed by atoms with E-state index in [-0.39, 0.29) is 23.8 Å². The number of nitrogens with zero attached hydrogens (tertiary/aromatic N) is 3. The number of carbonyl (C=O) groups is 2. The van der Waals surface area contributed by atoms with Gasteiger partial charge in [-0.25, -0.2) is 9.67 Å². The van der Waals surface area contributed by atoms with E-state index in [0.29, 0.717) is 24.6 Å². The minimum absolute atomic E-state index is 0.00701. The van der Waals surface area contributed by atoms with E-state index in [1.807, 2.05) is 24.6 Å². The third-order valence-corrected chi connectivity index (χ3v) is 5.52. The molecule has 0 radical (unpaired) electrons. The lowest BCUT2D eigenvalue weighted by atomic mass is 9.95. The van der Waals surface area contributed by atoms with E-state index in [9.17, 15) is 9.59 Å². The van der Waals surface area contributed by atoms with Crippen molar-refractivity contribution in [1.29, 1.82) is 0 Å². The summed E-state index contributed by atoms with van der Waals surface area (Å²) in [6, 6.07) is 2.29. The SMILES string of the molecule is CC(C)c1cc(C(=O)NCCC(=O)NC2CCCCC2)c2cnn(C(C)C)c2n1. The van der Waals surface area contributed by atoms with Gasteiger partial charge in [-0.15, -0.1) is 0 Å². The molecule has 7 nitrogen and oxygen atoms in total. The number of carbonyl (C=O) groups excluding carboxylic acids is 2. The summed E-state index contributed by atoms with van der Waals surface area (Å²) in [5, 5.41) is 11.2. The van der Waals surface area contributed by atoms with Crippen LogP contribution >= 0.6 is 0 Å². The lowest BCUT2D eigenvalue weighted by Gasteiger charge is -2.22. The first-order valence-corrected chi connectivity index (χ1v) is 10.8. The van der Waals surface area contributed by atoms with Crippen LogP contribution in [0.3, 0.4) is 0 Å². The summed E-state index contributed by atoms with van der Waals surface area (Å²) in [7, 11) is 0. The van der Waals surface area contributed by atoms with Gasteiger partial charge in [-0.05, 0) is 38.7 Å². The second-order valence-corrected chi connectivity index (χ2v) is 8.58. The molecule has 2 heterocycles. The fourth-order valence-electron chi connectivity index (χ4n) is 3.83. The molecular weight excluding hydrogens is 366 g/mol. The quantitative estimate of drug-likeness (QED) is 0.743. The molecule has 0 spiro atoms. The molecule has 2 N–H and O–H groups in total. The Bertz CT molecular complexity index is 865.